The van der Waals surface area contributed by atoms with Gasteiger partial charge in [-0.05, 0) is 72.8 Å². The fraction of sp³-hybridized carbons (Fsp3) is 0. The number of hydrogen-bond acceptors (Lipinski definition) is 2. The van der Waals surface area contributed by atoms with Crippen LogP contribution in [0, 0.1) is 23.7 Å². The van der Waals surface area contributed by atoms with E-state index >= 15 is 0 Å². The van der Waals surface area contributed by atoms with Crippen LogP contribution in [0.4, 0.5) is 0 Å². The van der Waals surface area contributed by atoms with Gasteiger partial charge in [-0.1, -0.05) is 23.7 Å². The fourth-order valence-corrected chi connectivity index (χ4v) is 2.32. The fourth-order valence-electron chi connectivity index (χ4n) is 2.32. The van der Waals surface area contributed by atoms with Gasteiger partial charge in [-0.3, -0.25) is 0 Å². The minimum absolute atomic E-state index is 0.228. The zero-order valence-corrected chi connectivity index (χ0v) is 14.6. The first-order chi connectivity index (χ1) is 13.5. The molecule has 2 N–H and O–H groups in total. The van der Waals surface area contributed by atoms with E-state index in [1.807, 2.05) is 24.3 Å². The second-order valence-corrected chi connectivity index (χ2v) is 5.84. The van der Waals surface area contributed by atoms with E-state index in [4.69, 9.17) is 10.2 Å². The third kappa shape index (κ3) is 4.88. The Morgan fingerprint density at radius 2 is 0.679 bits per heavy atom. The number of carbonyl (C=O) groups is 2. The van der Waals surface area contributed by atoms with Crippen molar-refractivity contribution in [1.29, 1.82) is 0 Å². The van der Waals surface area contributed by atoms with Crippen LogP contribution >= 0.6 is 0 Å². The lowest BCUT2D eigenvalue weighted by atomic mass is 10.1. The Hall–Kier alpha value is -4.28. The van der Waals surface area contributed by atoms with Gasteiger partial charge in [-0.15, -0.1) is 0 Å². The van der Waals surface area contributed by atoms with Gasteiger partial charge >= 0.3 is 11.9 Å². The lowest BCUT2D eigenvalue weighted by molar-refractivity contribution is 0.0686. The summed E-state index contributed by atoms with van der Waals surface area (Å²) in [6.45, 7) is 0. The zero-order valence-electron chi connectivity index (χ0n) is 14.6. The maximum Gasteiger partial charge on any atom is 0.335 e. The van der Waals surface area contributed by atoms with E-state index in [0.29, 0.717) is 0 Å². The molecule has 134 valence electrons. The number of rotatable bonds is 2. The van der Waals surface area contributed by atoms with E-state index in [2.05, 4.69) is 23.7 Å². The van der Waals surface area contributed by atoms with E-state index in [1.54, 1.807) is 24.3 Å². The predicted octanol–water partition coefficient (Wildman–Crippen LogP) is 3.88. The van der Waals surface area contributed by atoms with Crippen LogP contribution in [0.2, 0.25) is 0 Å². The monoisotopic (exact) mass is 366 g/mol. The van der Waals surface area contributed by atoms with Gasteiger partial charge in [0.05, 0.1) is 11.1 Å². The molecule has 3 aromatic rings. The number of aromatic carboxylic acids is 2. The normalized spacial score (nSPS) is 9.43. The molecule has 0 aliphatic carbocycles. The average Bonchev–Trinajstić information content (AvgIpc) is 2.72. The highest BCUT2D eigenvalue weighted by atomic mass is 16.4. The van der Waals surface area contributed by atoms with Gasteiger partial charge in [0, 0.05) is 22.3 Å². The largest absolute Gasteiger partial charge is 0.478 e. The smallest absolute Gasteiger partial charge is 0.335 e. The summed E-state index contributed by atoms with van der Waals surface area (Å²) in [5.41, 5.74) is 3.56. The Balaban J connectivity index is 1.69. The van der Waals surface area contributed by atoms with Crippen LogP contribution in [0.15, 0.2) is 72.8 Å². The highest BCUT2D eigenvalue weighted by molar-refractivity contribution is 5.88. The molecule has 0 unspecified atom stereocenters. The van der Waals surface area contributed by atoms with E-state index in [9.17, 15) is 9.59 Å². The molecule has 0 spiro atoms. The first kappa shape index (κ1) is 18.5. The van der Waals surface area contributed by atoms with Crippen molar-refractivity contribution in [2.24, 2.45) is 0 Å². The highest BCUT2D eigenvalue weighted by Gasteiger charge is 2.01. The van der Waals surface area contributed by atoms with Gasteiger partial charge < -0.3 is 10.2 Å². The topological polar surface area (TPSA) is 74.6 Å². The molecule has 0 bridgehead atoms. The van der Waals surface area contributed by atoms with Crippen molar-refractivity contribution < 1.29 is 19.8 Å². The van der Waals surface area contributed by atoms with Gasteiger partial charge in [0.2, 0.25) is 0 Å². The van der Waals surface area contributed by atoms with Crippen molar-refractivity contribution in [2.75, 3.05) is 0 Å². The summed E-state index contributed by atoms with van der Waals surface area (Å²) in [5.74, 6) is 10.1. The second kappa shape index (κ2) is 8.40. The van der Waals surface area contributed by atoms with Crippen LogP contribution in [-0.2, 0) is 0 Å². The molecule has 0 saturated carbocycles. The van der Waals surface area contributed by atoms with Crippen molar-refractivity contribution in [1.82, 2.24) is 0 Å². The van der Waals surface area contributed by atoms with Crippen molar-refractivity contribution >= 4 is 11.9 Å². The molecular weight excluding hydrogens is 352 g/mol. The van der Waals surface area contributed by atoms with Gasteiger partial charge in [0.1, 0.15) is 0 Å². The van der Waals surface area contributed by atoms with Crippen LogP contribution in [0.25, 0.3) is 0 Å². The summed E-state index contributed by atoms with van der Waals surface area (Å²) in [6.07, 6.45) is 0. The Morgan fingerprint density at radius 3 is 0.893 bits per heavy atom. The summed E-state index contributed by atoms with van der Waals surface area (Å²) in [5, 5.41) is 17.8. The molecule has 0 aliphatic rings. The first-order valence-electron chi connectivity index (χ1n) is 8.32. The SMILES string of the molecule is O=C(O)c1ccc(C#Cc2ccc(C#Cc3ccc(C(=O)O)cc3)cc2)cc1. The zero-order chi connectivity index (χ0) is 19.9. The van der Waals surface area contributed by atoms with Crippen LogP contribution in [0.3, 0.4) is 0 Å². The summed E-state index contributed by atoms with van der Waals surface area (Å²) in [7, 11) is 0. The van der Waals surface area contributed by atoms with Crippen LogP contribution < -0.4 is 0 Å². The number of hydrogen-bond donors (Lipinski definition) is 2. The standard InChI is InChI=1S/C24H14O4/c25-23(26)21-13-9-19(10-14-21)7-5-17-1-2-18(4-3-17)6-8-20-11-15-22(16-12-20)24(27)28/h1-4,9-16H,(H,25,26)(H,27,28). The quantitative estimate of drug-likeness (QED) is 0.675. The number of carboxylic acids is 2. The highest BCUT2D eigenvalue weighted by Crippen LogP contribution is 2.07. The minimum atomic E-state index is -0.964. The molecule has 0 heterocycles. The van der Waals surface area contributed by atoms with Gasteiger partial charge in [-0.2, -0.15) is 0 Å². The molecule has 0 aliphatic heterocycles. The Bertz CT molecular complexity index is 1040. The van der Waals surface area contributed by atoms with Crippen LogP contribution in [0.5, 0.6) is 0 Å². The predicted molar refractivity (Wildman–Crippen MR) is 105 cm³/mol. The third-order valence-electron chi connectivity index (χ3n) is 3.85. The van der Waals surface area contributed by atoms with Gasteiger partial charge in [0.25, 0.3) is 0 Å². The molecule has 0 amide bonds. The molecule has 0 saturated heterocycles. The van der Waals surface area contributed by atoms with Gasteiger partial charge in [-0.25, -0.2) is 9.59 Å². The maximum absolute atomic E-state index is 10.8. The van der Waals surface area contributed by atoms with Crippen molar-refractivity contribution in [3.8, 4) is 23.7 Å². The summed E-state index contributed by atoms with van der Waals surface area (Å²) >= 11 is 0. The minimum Gasteiger partial charge on any atom is -0.478 e. The van der Waals surface area contributed by atoms with Gasteiger partial charge in [0.15, 0.2) is 0 Å². The van der Waals surface area contributed by atoms with Crippen molar-refractivity contribution in [2.45, 2.75) is 0 Å². The molecule has 0 fully saturated rings. The van der Waals surface area contributed by atoms with Crippen molar-refractivity contribution in [3.05, 3.63) is 106 Å². The van der Waals surface area contributed by atoms with E-state index in [1.165, 1.54) is 24.3 Å². The summed E-state index contributed by atoms with van der Waals surface area (Å²) in [4.78, 5) is 21.7. The lowest BCUT2D eigenvalue weighted by Crippen LogP contribution is -1.94. The maximum atomic E-state index is 10.8. The van der Waals surface area contributed by atoms with Crippen LogP contribution in [-0.4, -0.2) is 22.2 Å². The number of benzene rings is 3. The molecule has 4 nitrogen and oxygen atoms in total. The summed E-state index contributed by atoms with van der Waals surface area (Å²) in [6, 6.07) is 20.2. The molecule has 28 heavy (non-hydrogen) atoms. The summed E-state index contributed by atoms with van der Waals surface area (Å²) < 4.78 is 0. The molecule has 4 heteroatoms. The average molecular weight is 366 g/mol. The molecule has 0 radical (unpaired) electrons. The molecule has 3 aromatic carbocycles. The Labute approximate surface area is 162 Å². The Kier molecular flexibility index (Phi) is 5.55. The number of carboxylic acid groups (broad SMARTS) is 2. The second-order valence-electron chi connectivity index (χ2n) is 5.84. The first-order valence-corrected chi connectivity index (χ1v) is 8.32. The Morgan fingerprint density at radius 1 is 0.464 bits per heavy atom. The van der Waals surface area contributed by atoms with Crippen LogP contribution in [0.1, 0.15) is 43.0 Å². The molecular formula is C24H14O4. The molecule has 0 aromatic heterocycles. The molecule has 3 rings (SSSR count). The lowest BCUT2D eigenvalue weighted by Gasteiger charge is -1.95. The van der Waals surface area contributed by atoms with Crippen molar-refractivity contribution in [3.63, 3.8) is 0 Å². The third-order valence-corrected chi connectivity index (χ3v) is 3.85. The van der Waals surface area contributed by atoms with E-state index in [-0.39, 0.29) is 11.1 Å². The van der Waals surface area contributed by atoms with E-state index in [0.717, 1.165) is 22.3 Å². The van der Waals surface area contributed by atoms with E-state index < -0.39 is 11.9 Å². The molecule has 0 atom stereocenters.